The number of halogens is 1. The number of benzene rings is 1. The van der Waals surface area contributed by atoms with Crippen LogP contribution in [0.5, 0.6) is 0 Å². The zero-order valence-corrected chi connectivity index (χ0v) is 7.16. The highest BCUT2D eigenvalue weighted by Gasteiger charge is 2.32. The molecule has 64 valence electrons. The molecular formula is C9H9ClO2. The SMILES string of the molecule is OC(c1ccc(Cl)cc1)C1CO1. The van der Waals surface area contributed by atoms with Gasteiger partial charge in [0.05, 0.1) is 6.61 Å². The Morgan fingerprint density at radius 1 is 1.42 bits per heavy atom. The lowest BCUT2D eigenvalue weighted by Crippen LogP contribution is -2.04. The second-order valence-corrected chi connectivity index (χ2v) is 3.30. The fourth-order valence-electron chi connectivity index (χ4n) is 1.11. The summed E-state index contributed by atoms with van der Waals surface area (Å²) in [5.41, 5.74) is 0.863. The molecule has 1 aliphatic heterocycles. The Morgan fingerprint density at radius 2 is 2.00 bits per heavy atom. The number of aliphatic hydroxyl groups is 1. The third-order valence-electron chi connectivity index (χ3n) is 1.92. The molecule has 12 heavy (non-hydrogen) atoms. The molecule has 3 heteroatoms. The van der Waals surface area contributed by atoms with Crippen LogP contribution in [0.2, 0.25) is 5.02 Å². The molecule has 0 saturated carbocycles. The molecule has 2 unspecified atom stereocenters. The van der Waals surface area contributed by atoms with E-state index in [-0.39, 0.29) is 6.10 Å². The van der Waals surface area contributed by atoms with Crippen molar-refractivity contribution in [3.63, 3.8) is 0 Å². The van der Waals surface area contributed by atoms with Crippen LogP contribution in [0.25, 0.3) is 0 Å². The van der Waals surface area contributed by atoms with Crippen LogP contribution < -0.4 is 0 Å². The predicted octanol–water partition coefficient (Wildman–Crippen LogP) is 1.77. The number of epoxide rings is 1. The van der Waals surface area contributed by atoms with Crippen LogP contribution in [0.15, 0.2) is 24.3 Å². The van der Waals surface area contributed by atoms with Gasteiger partial charge in [0.25, 0.3) is 0 Å². The highest BCUT2D eigenvalue weighted by Crippen LogP contribution is 2.27. The van der Waals surface area contributed by atoms with E-state index in [2.05, 4.69) is 0 Å². The third-order valence-corrected chi connectivity index (χ3v) is 2.17. The molecule has 0 radical (unpaired) electrons. The lowest BCUT2D eigenvalue weighted by Gasteiger charge is -2.06. The minimum Gasteiger partial charge on any atom is -0.386 e. The van der Waals surface area contributed by atoms with E-state index in [1.165, 1.54) is 0 Å². The van der Waals surface area contributed by atoms with Gasteiger partial charge >= 0.3 is 0 Å². The predicted molar refractivity (Wildman–Crippen MR) is 46.2 cm³/mol. The molecule has 0 aromatic heterocycles. The molecule has 0 amide bonds. The van der Waals surface area contributed by atoms with Gasteiger partial charge in [0.1, 0.15) is 12.2 Å². The summed E-state index contributed by atoms with van der Waals surface area (Å²) in [7, 11) is 0. The van der Waals surface area contributed by atoms with Crippen molar-refractivity contribution < 1.29 is 9.84 Å². The standard InChI is InChI=1S/C9H9ClO2/c10-7-3-1-6(2-4-7)9(11)8-5-12-8/h1-4,8-9,11H,5H2. The fourth-order valence-corrected chi connectivity index (χ4v) is 1.24. The van der Waals surface area contributed by atoms with Crippen LogP contribution >= 0.6 is 11.6 Å². The number of hydrogen-bond acceptors (Lipinski definition) is 2. The van der Waals surface area contributed by atoms with Crippen molar-refractivity contribution in [1.29, 1.82) is 0 Å². The van der Waals surface area contributed by atoms with Gasteiger partial charge in [-0.25, -0.2) is 0 Å². The summed E-state index contributed by atoms with van der Waals surface area (Å²) in [6, 6.07) is 7.16. The molecule has 1 heterocycles. The molecule has 0 spiro atoms. The minimum absolute atomic E-state index is 0.00817. The maximum absolute atomic E-state index is 9.58. The summed E-state index contributed by atoms with van der Waals surface area (Å²) in [6.07, 6.45) is -0.506. The van der Waals surface area contributed by atoms with Crippen LogP contribution in [0.3, 0.4) is 0 Å². The molecule has 1 aromatic carbocycles. The minimum atomic E-state index is -0.498. The molecule has 1 N–H and O–H groups in total. The van der Waals surface area contributed by atoms with Gasteiger partial charge in [-0.2, -0.15) is 0 Å². The Kier molecular flexibility index (Phi) is 2.05. The molecule has 2 nitrogen and oxygen atoms in total. The molecule has 1 saturated heterocycles. The second-order valence-electron chi connectivity index (χ2n) is 2.87. The highest BCUT2D eigenvalue weighted by molar-refractivity contribution is 6.30. The summed E-state index contributed by atoms with van der Waals surface area (Å²) in [5, 5.41) is 10.3. The van der Waals surface area contributed by atoms with Crippen LogP contribution in [-0.2, 0) is 4.74 Å². The van der Waals surface area contributed by atoms with Crippen molar-refractivity contribution in [2.45, 2.75) is 12.2 Å². The summed E-state index contributed by atoms with van der Waals surface area (Å²) < 4.78 is 4.97. The van der Waals surface area contributed by atoms with Crippen molar-refractivity contribution in [3.8, 4) is 0 Å². The Balaban J connectivity index is 2.16. The van der Waals surface area contributed by atoms with Crippen molar-refractivity contribution in [1.82, 2.24) is 0 Å². The van der Waals surface area contributed by atoms with Crippen LogP contribution in [-0.4, -0.2) is 17.8 Å². The van der Waals surface area contributed by atoms with E-state index in [0.717, 1.165) is 5.56 Å². The second kappa shape index (κ2) is 3.05. The van der Waals surface area contributed by atoms with E-state index in [9.17, 15) is 5.11 Å². The summed E-state index contributed by atoms with van der Waals surface area (Å²) in [5.74, 6) is 0. The van der Waals surface area contributed by atoms with Crippen LogP contribution in [0.4, 0.5) is 0 Å². The Labute approximate surface area is 75.7 Å². The number of rotatable bonds is 2. The van der Waals surface area contributed by atoms with Crippen LogP contribution in [0, 0.1) is 0 Å². The molecule has 2 atom stereocenters. The van der Waals surface area contributed by atoms with Gasteiger partial charge in [-0.3, -0.25) is 0 Å². The quantitative estimate of drug-likeness (QED) is 0.711. The van der Waals surface area contributed by atoms with Crippen molar-refractivity contribution in [2.24, 2.45) is 0 Å². The normalized spacial score (nSPS) is 23.7. The van der Waals surface area contributed by atoms with Gasteiger partial charge in [-0.1, -0.05) is 23.7 Å². The van der Waals surface area contributed by atoms with Gasteiger partial charge in [-0.15, -0.1) is 0 Å². The number of ether oxygens (including phenoxy) is 1. The molecular weight excluding hydrogens is 176 g/mol. The smallest absolute Gasteiger partial charge is 0.111 e. The largest absolute Gasteiger partial charge is 0.386 e. The summed E-state index contributed by atoms with van der Waals surface area (Å²) in [4.78, 5) is 0. The van der Waals surface area contributed by atoms with E-state index >= 15 is 0 Å². The first kappa shape index (κ1) is 8.05. The van der Waals surface area contributed by atoms with E-state index < -0.39 is 6.10 Å². The Morgan fingerprint density at radius 3 is 2.50 bits per heavy atom. The van der Waals surface area contributed by atoms with E-state index in [1.54, 1.807) is 12.1 Å². The average Bonchev–Trinajstić information content (AvgIpc) is 2.87. The Bertz CT molecular complexity index is 266. The maximum atomic E-state index is 9.58. The molecule has 2 rings (SSSR count). The summed E-state index contributed by atoms with van der Waals surface area (Å²) in [6.45, 7) is 0.657. The van der Waals surface area contributed by atoms with Gasteiger partial charge < -0.3 is 9.84 Å². The lowest BCUT2D eigenvalue weighted by atomic mass is 10.1. The van der Waals surface area contributed by atoms with Crippen molar-refractivity contribution >= 4 is 11.6 Å². The molecule has 1 aliphatic rings. The monoisotopic (exact) mass is 184 g/mol. The fraction of sp³-hybridized carbons (Fsp3) is 0.333. The third kappa shape index (κ3) is 1.61. The molecule has 1 aromatic rings. The maximum Gasteiger partial charge on any atom is 0.111 e. The lowest BCUT2D eigenvalue weighted by molar-refractivity contribution is 0.137. The van der Waals surface area contributed by atoms with Gasteiger partial charge in [-0.05, 0) is 17.7 Å². The van der Waals surface area contributed by atoms with Gasteiger partial charge in [0, 0.05) is 5.02 Å². The highest BCUT2D eigenvalue weighted by atomic mass is 35.5. The number of aliphatic hydroxyl groups excluding tert-OH is 1. The Hall–Kier alpha value is -0.570. The zero-order valence-electron chi connectivity index (χ0n) is 6.40. The van der Waals surface area contributed by atoms with Crippen molar-refractivity contribution in [2.75, 3.05) is 6.61 Å². The first-order valence-electron chi connectivity index (χ1n) is 3.82. The first-order chi connectivity index (χ1) is 5.77. The molecule has 0 aliphatic carbocycles. The average molecular weight is 185 g/mol. The van der Waals surface area contributed by atoms with E-state index in [4.69, 9.17) is 16.3 Å². The van der Waals surface area contributed by atoms with E-state index in [0.29, 0.717) is 11.6 Å². The molecule has 0 bridgehead atoms. The number of hydrogen-bond donors (Lipinski definition) is 1. The van der Waals surface area contributed by atoms with Crippen LogP contribution in [0.1, 0.15) is 11.7 Å². The summed E-state index contributed by atoms with van der Waals surface area (Å²) >= 11 is 5.70. The van der Waals surface area contributed by atoms with Gasteiger partial charge in [0.15, 0.2) is 0 Å². The molecule has 1 fully saturated rings. The van der Waals surface area contributed by atoms with Crippen molar-refractivity contribution in [3.05, 3.63) is 34.9 Å². The van der Waals surface area contributed by atoms with Gasteiger partial charge in [0.2, 0.25) is 0 Å². The first-order valence-corrected chi connectivity index (χ1v) is 4.20. The topological polar surface area (TPSA) is 32.8 Å². The zero-order chi connectivity index (χ0) is 8.55. The van der Waals surface area contributed by atoms with E-state index in [1.807, 2.05) is 12.1 Å².